The fourth-order valence-corrected chi connectivity index (χ4v) is 3.36. The third kappa shape index (κ3) is 4.50. The van der Waals surface area contributed by atoms with Crippen LogP contribution < -0.4 is 5.32 Å². The maximum atomic E-state index is 13.6. The van der Waals surface area contributed by atoms with E-state index in [-0.39, 0.29) is 11.6 Å². The predicted molar refractivity (Wildman–Crippen MR) is 84.5 cm³/mol. The minimum atomic E-state index is -4.94. The first-order valence-corrected chi connectivity index (χ1v) is 8.22. The number of alkyl halides is 6. The van der Waals surface area contributed by atoms with Gasteiger partial charge in [0.2, 0.25) is 0 Å². The van der Waals surface area contributed by atoms with E-state index >= 15 is 0 Å². The maximum absolute atomic E-state index is 13.6. The van der Waals surface area contributed by atoms with Crippen molar-refractivity contribution in [2.24, 2.45) is 5.41 Å². The van der Waals surface area contributed by atoms with Gasteiger partial charge in [0.15, 0.2) is 0 Å². The minimum Gasteiger partial charge on any atom is -0.396 e. The van der Waals surface area contributed by atoms with Crippen LogP contribution in [-0.4, -0.2) is 42.8 Å². The van der Waals surface area contributed by atoms with Gasteiger partial charge in [-0.05, 0) is 17.7 Å². The third-order valence-corrected chi connectivity index (χ3v) is 4.65. The molecule has 26 heavy (non-hydrogen) atoms. The first kappa shape index (κ1) is 21.0. The van der Waals surface area contributed by atoms with Gasteiger partial charge in [-0.15, -0.1) is 0 Å². The van der Waals surface area contributed by atoms with Gasteiger partial charge in [-0.2, -0.15) is 26.3 Å². The lowest BCUT2D eigenvalue weighted by atomic mass is 9.77. The Morgan fingerprint density at radius 3 is 2.08 bits per heavy atom. The number of hydrogen-bond acceptors (Lipinski definition) is 3. The molecule has 0 saturated carbocycles. The zero-order valence-corrected chi connectivity index (χ0v) is 14.5. The van der Waals surface area contributed by atoms with Gasteiger partial charge in [-0.25, -0.2) is 0 Å². The van der Waals surface area contributed by atoms with Crippen molar-refractivity contribution in [1.82, 2.24) is 10.2 Å². The van der Waals surface area contributed by atoms with Crippen LogP contribution in [-0.2, 0) is 12.4 Å². The van der Waals surface area contributed by atoms with Crippen molar-refractivity contribution in [2.45, 2.75) is 32.2 Å². The standard InChI is InChI=1S/C17H22F6N2O/c1-15(2,10-26)14(25-7-5-24-6-8-25)12-4-3-11(16(18,19)20)9-13(12)17(21,22)23/h3-4,9,14,24,26H,5-8,10H2,1-2H3/t14-/m0/s1. The summed E-state index contributed by atoms with van der Waals surface area (Å²) in [5.41, 5.74) is -3.87. The van der Waals surface area contributed by atoms with Crippen LogP contribution in [0.15, 0.2) is 18.2 Å². The van der Waals surface area contributed by atoms with E-state index in [0.29, 0.717) is 32.2 Å². The van der Waals surface area contributed by atoms with Crippen LogP contribution in [0.4, 0.5) is 26.3 Å². The molecule has 0 spiro atoms. The van der Waals surface area contributed by atoms with Crippen LogP contribution in [0, 0.1) is 5.41 Å². The molecular weight excluding hydrogens is 362 g/mol. The summed E-state index contributed by atoms with van der Waals surface area (Å²) in [6.07, 6.45) is -9.80. The lowest BCUT2D eigenvalue weighted by Gasteiger charge is -2.44. The Hall–Kier alpha value is -1.32. The SMILES string of the molecule is CC(C)(CO)[C@H](c1ccc(C(F)(F)F)cc1C(F)(F)F)N1CCNCC1. The van der Waals surface area contributed by atoms with Crippen LogP contribution in [0.1, 0.15) is 36.6 Å². The Labute approximate surface area is 148 Å². The number of hydrogen-bond donors (Lipinski definition) is 2. The molecule has 1 aromatic rings. The highest BCUT2D eigenvalue weighted by Gasteiger charge is 2.44. The third-order valence-electron chi connectivity index (χ3n) is 4.65. The summed E-state index contributed by atoms with van der Waals surface area (Å²) in [6, 6.07) is 0.870. The number of aliphatic hydroxyl groups excluding tert-OH is 1. The Balaban J connectivity index is 2.63. The number of rotatable bonds is 4. The van der Waals surface area contributed by atoms with Crippen molar-refractivity contribution in [2.75, 3.05) is 32.8 Å². The predicted octanol–water partition coefficient (Wildman–Crippen LogP) is 3.69. The highest BCUT2D eigenvalue weighted by Crippen LogP contribution is 2.45. The summed E-state index contributed by atoms with van der Waals surface area (Å²) in [4.78, 5) is 1.78. The van der Waals surface area contributed by atoms with Gasteiger partial charge >= 0.3 is 12.4 Å². The lowest BCUT2D eigenvalue weighted by molar-refractivity contribution is -0.144. The van der Waals surface area contributed by atoms with Crippen LogP contribution in [0.5, 0.6) is 0 Å². The van der Waals surface area contributed by atoms with Crippen molar-refractivity contribution in [1.29, 1.82) is 0 Å². The van der Waals surface area contributed by atoms with Crippen LogP contribution in [0.25, 0.3) is 0 Å². The van der Waals surface area contributed by atoms with Gasteiger partial charge in [0.1, 0.15) is 0 Å². The quantitative estimate of drug-likeness (QED) is 0.778. The van der Waals surface area contributed by atoms with Gasteiger partial charge in [-0.3, -0.25) is 4.90 Å². The molecule has 1 atom stereocenters. The fraction of sp³-hybridized carbons (Fsp3) is 0.647. The molecule has 148 valence electrons. The Morgan fingerprint density at radius 2 is 1.62 bits per heavy atom. The molecule has 2 N–H and O–H groups in total. The zero-order chi connectivity index (χ0) is 19.8. The van der Waals surface area contributed by atoms with Crippen LogP contribution in [0.2, 0.25) is 0 Å². The molecule has 1 aromatic carbocycles. The molecule has 0 bridgehead atoms. The summed E-state index contributed by atoms with van der Waals surface area (Å²) in [6.45, 7) is 4.80. The second-order valence-corrected chi connectivity index (χ2v) is 7.13. The topological polar surface area (TPSA) is 35.5 Å². The molecule has 0 radical (unpaired) electrons. The number of benzene rings is 1. The molecule has 1 heterocycles. The Bertz CT molecular complexity index is 621. The second kappa shape index (κ2) is 7.36. The normalized spacial score (nSPS) is 18.8. The number of halogens is 6. The molecule has 0 aromatic heterocycles. The van der Waals surface area contributed by atoms with E-state index in [0.717, 1.165) is 6.07 Å². The highest BCUT2D eigenvalue weighted by atomic mass is 19.4. The Morgan fingerprint density at radius 1 is 1.04 bits per heavy atom. The number of nitrogens with zero attached hydrogens (tertiary/aromatic N) is 1. The summed E-state index contributed by atoms with van der Waals surface area (Å²) >= 11 is 0. The van der Waals surface area contributed by atoms with Crippen LogP contribution in [0.3, 0.4) is 0 Å². The molecule has 1 aliphatic rings. The second-order valence-electron chi connectivity index (χ2n) is 7.13. The zero-order valence-electron chi connectivity index (χ0n) is 14.5. The van der Waals surface area contributed by atoms with E-state index in [1.165, 1.54) is 0 Å². The van der Waals surface area contributed by atoms with Crippen molar-refractivity contribution in [3.63, 3.8) is 0 Å². The van der Waals surface area contributed by atoms with Crippen molar-refractivity contribution >= 4 is 0 Å². The summed E-state index contributed by atoms with van der Waals surface area (Å²) in [5.74, 6) is 0. The minimum absolute atomic E-state index is 0.165. The molecule has 0 aliphatic carbocycles. The summed E-state index contributed by atoms with van der Waals surface area (Å²) < 4.78 is 79.5. The number of piperazine rings is 1. The first-order valence-electron chi connectivity index (χ1n) is 8.22. The smallest absolute Gasteiger partial charge is 0.396 e. The van der Waals surface area contributed by atoms with E-state index in [1.807, 2.05) is 0 Å². The molecule has 1 saturated heterocycles. The summed E-state index contributed by atoms with van der Waals surface area (Å²) in [5, 5.41) is 12.8. The van der Waals surface area contributed by atoms with Crippen molar-refractivity contribution < 1.29 is 31.4 Å². The van der Waals surface area contributed by atoms with Crippen molar-refractivity contribution in [3.05, 3.63) is 34.9 Å². The monoisotopic (exact) mass is 384 g/mol. The lowest BCUT2D eigenvalue weighted by Crippen LogP contribution is -2.50. The fourth-order valence-electron chi connectivity index (χ4n) is 3.36. The maximum Gasteiger partial charge on any atom is 0.416 e. The summed E-state index contributed by atoms with van der Waals surface area (Å²) in [7, 11) is 0. The van der Waals surface area contributed by atoms with Gasteiger partial charge in [0.05, 0.1) is 11.1 Å². The van der Waals surface area contributed by atoms with Crippen LogP contribution >= 0.6 is 0 Å². The molecule has 1 aliphatic heterocycles. The molecule has 0 unspecified atom stereocenters. The average molecular weight is 384 g/mol. The van der Waals surface area contributed by atoms with E-state index in [9.17, 15) is 31.4 Å². The van der Waals surface area contributed by atoms with E-state index in [2.05, 4.69) is 5.32 Å². The number of nitrogens with one attached hydrogen (secondary N) is 1. The first-order chi connectivity index (χ1) is 11.9. The van der Waals surface area contributed by atoms with Gasteiger partial charge in [-0.1, -0.05) is 19.9 Å². The van der Waals surface area contributed by atoms with E-state index in [1.54, 1.807) is 18.7 Å². The highest BCUT2D eigenvalue weighted by molar-refractivity contribution is 5.38. The van der Waals surface area contributed by atoms with E-state index < -0.39 is 41.5 Å². The molecule has 0 amide bonds. The molecule has 1 fully saturated rings. The molecule has 3 nitrogen and oxygen atoms in total. The average Bonchev–Trinajstić information content (AvgIpc) is 2.54. The molecular formula is C17H22F6N2O. The Kier molecular flexibility index (Phi) is 5.94. The molecule has 2 rings (SSSR count). The van der Waals surface area contributed by atoms with Gasteiger partial charge in [0.25, 0.3) is 0 Å². The van der Waals surface area contributed by atoms with Gasteiger partial charge in [0, 0.05) is 44.2 Å². The van der Waals surface area contributed by atoms with E-state index in [4.69, 9.17) is 0 Å². The largest absolute Gasteiger partial charge is 0.416 e. The molecule has 9 heteroatoms. The van der Waals surface area contributed by atoms with Gasteiger partial charge < -0.3 is 10.4 Å². The van der Waals surface area contributed by atoms with Crippen molar-refractivity contribution in [3.8, 4) is 0 Å². The number of aliphatic hydroxyl groups is 1.